The van der Waals surface area contributed by atoms with Crippen LogP contribution >= 0.6 is 11.3 Å². The van der Waals surface area contributed by atoms with Gasteiger partial charge >= 0.3 is 18.3 Å². The van der Waals surface area contributed by atoms with Gasteiger partial charge in [0.1, 0.15) is 5.56 Å². The standard InChI is InChI=1S/C15H7F6N3O2.C3H5N3O2S2/c16-14(17,18)8-3-1-7(2-4-8)10-5-11(15(19,20)21)24-12(23-10)9(6-22-24)13(25)26;4-3-6-1-2(9-3)10(5,7)8/h1-6H,(H,25,26);1H,(H2,4,6)(H2,5,7,8). The number of carboxylic acids is 1. The molecule has 0 bridgehead atoms. The molecule has 1 aromatic carbocycles. The van der Waals surface area contributed by atoms with E-state index in [-0.39, 0.29) is 20.6 Å². The second kappa shape index (κ2) is 9.36. The average Bonchev–Trinajstić information content (AvgIpc) is 3.38. The number of nitrogens with two attached hydrogens (primary N) is 2. The Hall–Kier alpha value is -3.77. The number of sulfonamides is 1. The summed E-state index contributed by atoms with van der Waals surface area (Å²) in [6.07, 6.45) is -7.63. The maximum absolute atomic E-state index is 13.3. The maximum Gasteiger partial charge on any atom is 0.433 e. The smallest absolute Gasteiger partial charge is 0.433 e. The molecule has 0 amide bonds. The van der Waals surface area contributed by atoms with E-state index in [0.29, 0.717) is 22.7 Å². The van der Waals surface area contributed by atoms with Crippen LogP contribution in [-0.4, -0.2) is 39.1 Å². The summed E-state index contributed by atoms with van der Waals surface area (Å²) in [5, 5.41) is 17.4. The van der Waals surface area contributed by atoms with Gasteiger partial charge in [-0.1, -0.05) is 23.5 Å². The Kier molecular flexibility index (Phi) is 6.97. The lowest BCUT2D eigenvalue weighted by Gasteiger charge is -2.12. The topological polar surface area (TPSA) is 167 Å². The summed E-state index contributed by atoms with van der Waals surface area (Å²) >= 11 is 0.848. The number of nitrogen functional groups attached to an aromatic ring is 1. The number of primary sulfonamides is 1. The maximum atomic E-state index is 13.3. The molecular formula is C18H12F6N6O4S2. The van der Waals surface area contributed by atoms with Crippen molar-refractivity contribution in [3.05, 3.63) is 59.5 Å². The van der Waals surface area contributed by atoms with Crippen LogP contribution in [0.4, 0.5) is 31.5 Å². The fourth-order valence-corrected chi connectivity index (χ4v) is 4.03. The van der Waals surface area contributed by atoms with Crippen molar-refractivity contribution in [1.82, 2.24) is 19.6 Å². The minimum absolute atomic E-state index is 0.00926. The van der Waals surface area contributed by atoms with Crippen LogP contribution in [0, 0.1) is 0 Å². The molecule has 3 heterocycles. The number of benzene rings is 1. The van der Waals surface area contributed by atoms with Crippen LogP contribution in [0.25, 0.3) is 16.9 Å². The van der Waals surface area contributed by atoms with E-state index in [4.69, 9.17) is 16.0 Å². The lowest BCUT2D eigenvalue weighted by molar-refractivity contribution is -0.142. The van der Waals surface area contributed by atoms with Gasteiger partial charge in [0.2, 0.25) is 10.0 Å². The molecule has 5 N–H and O–H groups in total. The molecule has 0 unspecified atom stereocenters. The Morgan fingerprint density at radius 3 is 2.06 bits per heavy atom. The molecule has 0 saturated carbocycles. The number of anilines is 1. The third kappa shape index (κ3) is 5.89. The monoisotopic (exact) mass is 554 g/mol. The largest absolute Gasteiger partial charge is 0.477 e. The zero-order valence-corrected chi connectivity index (χ0v) is 18.9. The number of carboxylic acid groups (broad SMARTS) is 1. The van der Waals surface area contributed by atoms with E-state index in [9.17, 15) is 39.6 Å². The SMILES string of the molecule is Nc1ncc(S(N)(=O)=O)s1.O=C(O)c1cnn2c(C(F)(F)F)cc(-c3ccc(C(F)(F)F)cc3)nc12. The van der Waals surface area contributed by atoms with Crippen molar-refractivity contribution in [3.63, 3.8) is 0 Å². The highest BCUT2D eigenvalue weighted by atomic mass is 32.2. The van der Waals surface area contributed by atoms with Crippen molar-refractivity contribution >= 4 is 38.1 Å². The third-order valence-electron chi connectivity index (χ3n) is 4.28. The Labute approximate surface area is 200 Å². The number of aromatic nitrogens is 4. The molecule has 0 spiro atoms. The van der Waals surface area contributed by atoms with E-state index in [2.05, 4.69) is 15.1 Å². The average molecular weight is 554 g/mol. The Morgan fingerprint density at radius 2 is 1.64 bits per heavy atom. The van der Waals surface area contributed by atoms with Gasteiger partial charge in [0, 0.05) is 5.56 Å². The van der Waals surface area contributed by atoms with Gasteiger partial charge in [0.25, 0.3) is 0 Å². The molecule has 0 aliphatic rings. The van der Waals surface area contributed by atoms with E-state index in [1.807, 2.05) is 0 Å². The lowest BCUT2D eigenvalue weighted by atomic mass is 10.1. The first kappa shape index (κ1) is 26.8. The minimum Gasteiger partial charge on any atom is -0.477 e. The van der Waals surface area contributed by atoms with E-state index in [0.717, 1.165) is 35.9 Å². The molecule has 0 saturated heterocycles. The van der Waals surface area contributed by atoms with Gasteiger partial charge in [-0.25, -0.2) is 32.8 Å². The summed E-state index contributed by atoms with van der Waals surface area (Å²) in [6, 6.07) is 3.90. The summed E-state index contributed by atoms with van der Waals surface area (Å²) in [5.74, 6) is -1.54. The minimum atomic E-state index is -4.89. The number of halogens is 6. The van der Waals surface area contributed by atoms with Crippen LogP contribution in [0.2, 0.25) is 0 Å². The first-order chi connectivity index (χ1) is 16.5. The van der Waals surface area contributed by atoms with Gasteiger partial charge in [0.15, 0.2) is 20.7 Å². The fraction of sp³-hybridized carbons (Fsp3) is 0.111. The van der Waals surface area contributed by atoms with Gasteiger partial charge < -0.3 is 10.8 Å². The highest BCUT2D eigenvalue weighted by Crippen LogP contribution is 2.34. The molecule has 0 fully saturated rings. The Morgan fingerprint density at radius 1 is 1.03 bits per heavy atom. The molecular weight excluding hydrogens is 542 g/mol. The number of hydrogen-bond donors (Lipinski definition) is 3. The Balaban J connectivity index is 0.000000303. The second-order valence-corrected chi connectivity index (χ2v) is 9.61. The summed E-state index contributed by atoms with van der Waals surface area (Å²) in [7, 11) is -3.61. The lowest BCUT2D eigenvalue weighted by Crippen LogP contribution is -2.14. The Bertz CT molecular complexity index is 1530. The van der Waals surface area contributed by atoms with Gasteiger partial charge in [-0.2, -0.15) is 31.4 Å². The van der Waals surface area contributed by atoms with Crippen LogP contribution in [0.5, 0.6) is 0 Å². The van der Waals surface area contributed by atoms with Crippen LogP contribution < -0.4 is 10.9 Å². The predicted molar refractivity (Wildman–Crippen MR) is 113 cm³/mol. The molecule has 0 aliphatic heterocycles. The molecule has 0 aliphatic carbocycles. The summed E-state index contributed by atoms with van der Waals surface area (Å²) in [5.41, 5.74) is 1.38. The van der Waals surface area contributed by atoms with Crippen molar-refractivity contribution in [2.45, 2.75) is 16.6 Å². The fourth-order valence-electron chi connectivity index (χ4n) is 2.70. The van der Waals surface area contributed by atoms with Crippen molar-refractivity contribution in [1.29, 1.82) is 0 Å². The highest BCUT2D eigenvalue weighted by molar-refractivity contribution is 7.91. The summed E-state index contributed by atoms with van der Waals surface area (Å²) < 4.78 is 99.0. The molecule has 36 heavy (non-hydrogen) atoms. The van der Waals surface area contributed by atoms with Gasteiger partial charge in [0.05, 0.1) is 23.7 Å². The summed E-state index contributed by atoms with van der Waals surface area (Å²) in [6.45, 7) is 0. The number of aromatic carboxylic acids is 1. The number of hydrogen-bond acceptors (Lipinski definition) is 8. The third-order valence-corrected chi connectivity index (χ3v) is 6.52. The number of alkyl halides is 6. The highest BCUT2D eigenvalue weighted by Gasteiger charge is 2.36. The molecule has 0 atom stereocenters. The predicted octanol–water partition coefficient (Wildman–Crippen LogP) is 3.50. The van der Waals surface area contributed by atoms with Crippen molar-refractivity contribution in [3.8, 4) is 11.3 Å². The van der Waals surface area contributed by atoms with Crippen LogP contribution in [-0.2, 0) is 22.4 Å². The molecule has 10 nitrogen and oxygen atoms in total. The van der Waals surface area contributed by atoms with Crippen molar-refractivity contribution < 1.29 is 44.7 Å². The van der Waals surface area contributed by atoms with Crippen molar-refractivity contribution in [2.75, 3.05) is 5.73 Å². The zero-order valence-electron chi connectivity index (χ0n) is 17.2. The molecule has 4 aromatic rings. The van der Waals surface area contributed by atoms with E-state index < -0.39 is 50.8 Å². The van der Waals surface area contributed by atoms with Gasteiger partial charge in [-0.3, -0.25) is 0 Å². The van der Waals surface area contributed by atoms with E-state index >= 15 is 0 Å². The van der Waals surface area contributed by atoms with Gasteiger partial charge in [-0.15, -0.1) is 0 Å². The number of fused-ring (bicyclic) bond motifs is 1. The van der Waals surface area contributed by atoms with Crippen molar-refractivity contribution in [2.24, 2.45) is 5.14 Å². The van der Waals surface area contributed by atoms with E-state index in [1.54, 1.807) is 0 Å². The molecule has 18 heteroatoms. The molecule has 3 aromatic heterocycles. The normalized spacial score (nSPS) is 12.3. The van der Waals surface area contributed by atoms with Crippen LogP contribution in [0.3, 0.4) is 0 Å². The first-order valence-electron chi connectivity index (χ1n) is 9.09. The van der Waals surface area contributed by atoms with Crippen LogP contribution in [0.15, 0.2) is 46.9 Å². The number of rotatable bonds is 3. The molecule has 0 radical (unpaired) electrons. The first-order valence-corrected chi connectivity index (χ1v) is 11.5. The van der Waals surface area contributed by atoms with Gasteiger partial charge in [-0.05, 0) is 18.2 Å². The quantitative estimate of drug-likeness (QED) is 0.324. The number of carbonyl (C=O) groups is 1. The molecule has 192 valence electrons. The number of thiazole rings is 1. The summed E-state index contributed by atoms with van der Waals surface area (Å²) in [4.78, 5) is 18.5. The zero-order chi connectivity index (χ0) is 27.1. The molecule has 4 rings (SSSR count). The van der Waals surface area contributed by atoms with E-state index in [1.165, 1.54) is 0 Å². The van der Waals surface area contributed by atoms with Crippen LogP contribution in [0.1, 0.15) is 21.6 Å². The second-order valence-electron chi connectivity index (χ2n) is 6.76. The number of nitrogens with zero attached hydrogens (tertiary/aromatic N) is 4.